The minimum Gasteiger partial charge on any atom is -0.342 e. The average Bonchev–Trinajstić information content (AvgIpc) is 2.47. The second-order valence-corrected chi connectivity index (χ2v) is 4.39. The molecule has 0 aliphatic heterocycles. The van der Waals surface area contributed by atoms with Crippen LogP contribution in [-0.2, 0) is 19.1 Å². The Morgan fingerprint density at radius 3 is 2.52 bits per heavy atom. The van der Waals surface area contributed by atoms with Crippen LogP contribution in [0.3, 0.4) is 0 Å². The Balaban J connectivity index is 2.50. The molecule has 1 rings (SSSR count). The van der Waals surface area contributed by atoms with E-state index >= 15 is 0 Å². The lowest BCUT2D eigenvalue weighted by Crippen LogP contribution is -2.27. The zero-order valence-electron chi connectivity index (χ0n) is 12.5. The third-order valence-electron chi connectivity index (χ3n) is 2.83. The number of hydrogen-bond acceptors (Lipinski definition) is 4. The van der Waals surface area contributed by atoms with Crippen LogP contribution in [-0.4, -0.2) is 31.1 Å². The molecule has 112 valence electrons. The maximum atomic E-state index is 11.5. The molecule has 21 heavy (non-hydrogen) atoms. The van der Waals surface area contributed by atoms with E-state index in [4.69, 9.17) is 9.47 Å². The largest absolute Gasteiger partial charge is 0.342 e. The van der Waals surface area contributed by atoms with E-state index in [9.17, 15) is 9.59 Å². The summed E-state index contributed by atoms with van der Waals surface area (Å²) in [4.78, 5) is 22.8. The van der Waals surface area contributed by atoms with Gasteiger partial charge in [-0.1, -0.05) is 17.8 Å². The molecule has 0 aromatic carbocycles. The van der Waals surface area contributed by atoms with Crippen molar-refractivity contribution < 1.29 is 19.1 Å². The van der Waals surface area contributed by atoms with Crippen molar-refractivity contribution in [3.05, 3.63) is 12.2 Å². The lowest BCUT2D eigenvalue weighted by molar-refractivity contribution is -0.139. The van der Waals surface area contributed by atoms with Crippen LogP contribution >= 0.6 is 0 Å². The summed E-state index contributed by atoms with van der Waals surface area (Å²) < 4.78 is 10.5. The van der Waals surface area contributed by atoms with E-state index in [0.717, 1.165) is 6.42 Å². The second kappa shape index (κ2) is 9.94. The fraction of sp³-hybridized carbons (Fsp3) is 0.529. The topological polar surface area (TPSA) is 52.6 Å². The molecule has 0 saturated heterocycles. The van der Waals surface area contributed by atoms with Crippen LogP contribution in [0.1, 0.15) is 33.1 Å². The Labute approximate surface area is 125 Å². The van der Waals surface area contributed by atoms with Crippen LogP contribution in [0.15, 0.2) is 12.2 Å². The summed E-state index contributed by atoms with van der Waals surface area (Å²) in [6, 6.07) is 0. The first-order valence-corrected chi connectivity index (χ1v) is 7.16. The monoisotopic (exact) mass is 288 g/mol. The smallest absolute Gasteiger partial charge is 0.222 e. The number of carbonyl (C=O) groups excluding carboxylic acids is 2. The molecule has 4 heteroatoms. The van der Waals surface area contributed by atoms with Gasteiger partial charge in [0.1, 0.15) is 0 Å². The van der Waals surface area contributed by atoms with Crippen molar-refractivity contribution in [3.63, 3.8) is 0 Å². The van der Waals surface area contributed by atoms with Crippen LogP contribution in [0.5, 0.6) is 0 Å². The van der Waals surface area contributed by atoms with Crippen molar-refractivity contribution in [2.24, 2.45) is 5.92 Å². The summed E-state index contributed by atoms with van der Waals surface area (Å²) in [5.74, 6) is 10.0. The summed E-state index contributed by atoms with van der Waals surface area (Å²) in [6.45, 7) is 4.80. The minimum absolute atomic E-state index is 0.305. The minimum atomic E-state index is -0.532. The van der Waals surface area contributed by atoms with E-state index in [1.54, 1.807) is 12.2 Å². The Morgan fingerprint density at radius 2 is 1.86 bits per heavy atom. The number of hydrogen-bond donors (Lipinski definition) is 0. The van der Waals surface area contributed by atoms with Crippen molar-refractivity contribution in [1.82, 2.24) is 0 Å². The van der Waals surface area contributed by atoms with Crippen LogP contribution < -0.4 is 0 Å². The lowest BCUT2D eigenvalue weighted by Gasteiger charge is -2.13. The van der Waals surface area contributed by atoms with Crippen LogP contribution in [0.4, 0.5) is 0 Å². The summed E-state index contributed by atoms with van der Waals surface area (Å²) in [5.41, 5.74) is 0. The summed E-state index contributed by atoms with van der Waals surface area (Å²) in [7, 11) is 0. The number of ketones is 2. The van der Waals surface area contributed by atoms with Gasteiger partial charge >= 0.3 is 0 Å². The quantitative estimate of drug-likeness (QED) is 0.450. The number of Topliss-reactive ketones (excluding diaryl/α,β-unsaturated/α-hetero) is 2. The third kappa shape index (κ3) is 6.40. The Kier molecular flexibility index (Phi) is 8.12. The van der Waals surface area contributed by atoms with Gasteiger partial charge in [0.25, 0.3) is 0 Å². The van der Waals surface area contributed by atoms with Crippen molar-refractivity contribution in [3.8, 4) is 23.7 Å². The molecule has 1 atom stereocenters. The van der Waals surface area contributed by atoms with E-state index in [2.05, 4.69) is 23.7 Å². The van der Waals surface area contributed by atoms with Gasteiger partial charge in [-0.2, -0.15) is 0 Å². The zero-order chi connectivity index (χ0) is 15.5. The highest BCUT2D eigenvalue weighted by Crippen LogP contribution is 2.17. The number of ether oxygens (including phenoxy) is 2. The lowest BCUT2D eigenvalue weighted by atomic mass is 9.87. The van der Waals surface area contributed by atoms with Gasteiger partial charge in [0.15, 0.2) is 5.78 Å². The number of rotatable bonds is 4. The molecule has 0 spiro atoms. The van der Waals surface area contributed by atoms with E-state index in [1.165, 1.54) is 0 Å². The van der Waals surface area contributed by atoms with E-state index in [0.29, 0.717) is 26.1 Å². The van der Waals surface area contributed by atoms with Gasteiger partial charge < -0.3 is 9.47 Å². The highest BCUT2D eigenvalue weighted by Gasteiger charge is 2.27. The predicted molar refractivity (Wildman–Crippen MR) is 79.1 cm³/mol. The fourth-order valence-corrected chi connectivity index (χ4v) is 1.84. The summed E-state index contributed by atoms with van der Waals surface area (Å²) in [6.07, 6.45) is 4.36. The first-order valence-electron chi connectivity index (χ1n) is 7.16. The van der Waals surface area contributed by atoms with E-state index < -0.39 is 12.2 Å². The zero-order valence-corrected chi connectivity index (χ0v) is 12.5. The number of carbonyl (C=O) groups is 2. The SMILES string of the molecule is CCOC(C#CC=CC#CC1CCCC(=O)C1=O)OCC. The molecule has 0 bridgehead atoms. The molecule has 0 aromatic rings. The van der Waals surface area contributed by atoms with Crippen LogP contribution in [0.25, 0.3) is 0 Å². The van der Waals surface area contributed by atoms with E-state index in [-0.39, 0.29) is 11.6 Å². The summed E-state index contributed by atoms with van der Waals surface area (Å²) >= 11 is 0. The fourth-order valence-electron chi connectivity index (χ4n) is 1.84. The first-order chi connectivity index (χ1) is 10.2. The van der Waals surface area contributed by atoms with Gasteiger partial charge in [0, 0.05) is 19.6 Å². The van der Waals surface area contributed by atoms with E-state index in [1.807, 2.05) is 13.8 Å². The van der Waals surface area contributed by atoms with Crippen LogP contribution in [0, 0.1) is 29.6 Å². The Morgan fingerprint density at radius 1 is 1.19 bits per heavy atom. The van der Waals surface area contributed by atoms with Gasteiger partial charge in [-0.05, 0) is 44.8 Å². The normalized spacial score (nSPS) is 18.3. The third-order valence-corrected chi connectivity index (χ3v) is 2.83. The molecule has 0 heterocycles. The molecule has 1 saturated carbocycles. The molecule has 1 unspecified atom stereocenters. The molecular weight excluding hydrogens is 268 g/mol. The molecule has 1 aliphatic rings. The maximum Gasteiger partial charge on any atom is 0.222 e. The van der Waals surface area contributed by atoms with Crippen LogP contribution in [0.2, 0.25) is 0 Å². The molecule has 1 fully saturated rings. The van der Waals surface area contributed by atoms with Gasteiger partial charge in [-0.15, -0.1) is 0 Å². The molecular formula is C17H20O4. The molecule has 0 N–H and O–H groups in total. The van der Waals surface area contributed by atoms with Gasteiger partial charge in [0.2, 0.25) is 12.1 Å². The molecule has 4 nitrogen and oxygen atoms in total. The number of allylic oxidation sites excluding steroid dienone is 2. The maximum absolute atomic E-state index is 11.5. The molecule has 0 aromatic heterocycles. The second-order valence-electron chi connectivity index (χ2n) is 4.39. The summed E-state index contributed by atoms with van der Waals surface area (Å²) in [5, 5.41) is 0. The Hall–Kier alpha value is -1.88. The highest BCUT2D eigenvalue weighted by atomic mass is 16.7. The van der Waals surface area contributed by atoms with Gasteiger partial charge in [-0.3, -0.25) is 9.59 Å². The first kappa shape index (κ1) is 17.2. The Bertz CT molecular complexity index is 504. The molecule has 0 radical (unpaired) electrons. The van der Waals surface area contributed by atoms with Gasteiger partial charge in [0.05, 0.1) is 5.92 Å². The van der Waals surface area contributed by atoms with Crippen molar-refractivity contribution >= 4 is 11.6 Å². The average molecular weight is 288 g/mol. The van der Waals surface area contributed by atoms with Gasteiger partial charge in [-0.25, -0.2) is 0 Å². The highest BCUT2D eigenvalue weighted by molar-refractivity contribution is 6.39. The molecule has 0 amide bonds. The van der Waals surface area contributed by atoms with Crippen molar-refractivity contribution in [1.29, 1.82) is 0 Å². The molecule has 1 aliphatic carbocycles. The predicted octanol–water partition coefficient (Wildman–Crippen LogP) is 1.89. The standard InChI is InChI=1S/C17H20O4/c1-3-20-16(21-4-2)13-8-6-5-7-10-14-11-9-12-15(18)17(14)19/h5-6,14,16H,3-4,9,11-12H2,1-2H3. The van der Waals surface area contributed by atoms with Crippen molar-refractivity contribution in [2.75, 3.05) is 13.2 Å². The van der Waals surface area contributed by atoms with Crippen molar-refractivity contribution in [2.45, 2.75) is 39.4 Å².